The van der Waals surface area contributed by atoms with Crippen LogP contribution in [0.1, 0.15) is 40.2 Å². The van der Waals surface area contributed by atoms with Crippen LogP contribution in [0.25, 0.3) is 10.4 Å². The smallest absolute Gasteiger partial charge is 0.183 e. The maximum absolute atomic E-state index is 4.44. The van der Waals surface area contributed by atoms with E-state index >= 15 is 0 Å². The van der Waals surface area contributed by atoms with Gasteiger partial charge in [0.2, 0.25) is 0 Å². The lowest BCUT2D eigenvalue weighted by Gasteiger charge is -2.18. The van der Waals surface area contributed by atoms with Gasteiger partial charge in [0.05, 0.1) is 4.88 Å². The molecule has 108 valence electrons. The van der Waals surface area contributed by atoms with Crippen LogP contribution < -0.4 is 5.32 Å². The van der Waals surface area contributed by atoms with Crippen molar-refractivity contribution < 1.29 is 0 Å². The number of benzene rings is 1. The summed E-state index contributed by atoms with van der Waals surface area (Å²) in [6, 6.07) is 8.83. The molecule has 2 rings (SSSR count). The predicted octanol–water partition coefficient (Wildman–Crippen LogP) is 5.18. The van der Waals surface area contributed by atoms with Gasteiger partial charge in [-0.05, 0) is 22.5 Å². The molecule has 0 radical (unpaired) electrons. The standard InChI is InChI=1S/C17H24N2S/c1-12(2)10-18-16-19-11-15(20-16)13-6-8-14(9-7-13)17(3,4)5/h6-9,11-12H,10H2,1-5H3,(H,18,19). The van der Waals surface area contributed by atoms with Crippen molar-refractivity contribution >= 4 is 16.5 Å². The Labute approximate surface area is 126 Å². The molecule has 0 atom stereocenters. The van der Waals surface area contributed by atoms with Crippen molar-refractivity contribution in [2.45, 2.75) is 40.0 Å². The molecule has 1 N–H and O–H groups in total. The summed E-state index contributed by atoms with van der Waals surface area (Å²) in [5, 5.41) is 4.39. The lowest BCUT2D eigenvalue weighted by Crippen LogP contribution is -2.10. The minimum absolute atomic E-state index is 0.205. The second-order valence-corrected chi connectivity index (χ2v) is 7.66. The average molecular weight is 288 g/mol. The molecule has 0 spiro atoms. The summed E-state index contributed by atoms with van der Waals surface area (Å²) in [4.78, 5) is 5.66. The van der Waals surface area contributed by atoms with Crippen LogP contribution >= 0.6 is 11.3 Å². The number of thiazole rings is 1. The zero-order chi connectivity index (χ0) is 14.8. The molecule has 0 bridgehead atoms. The summed E-state index contributed by atoms with van der Waals surface area (Å²) >= 11 is 1.72. The number of rotatable bonds is 4. The van der Waals surface area contributed by atoms with E-state index in [0.717, 1.165) is 11.7 Å². The Kier molecular flexibility index (Phi) is 4.48. The van der Waals surface area contributed by atoms with Crippen molar-refractivity contribution in [3.05, 3.63) is 36.0 Å². The number of nitrogens with one attached hydrogen (secondary N) is 1. The molecule has 0 aliphatic carbocycles. The molecule has 0 saturated carbocycles. The van der Waals surface area contributed by atoms with Crippen LogP contribution in [0.4, 0.5) is 5.13 Å². The fourth-order valence-electron chi connectivity index (χ4n) is 1.92. The van der Waals surface area contributed by atoms with Gasteiger partial charge in [-0.2, -0.15) is 0 Å². The highest BCUT2D eigenvalue weighted by Gasteiger charge is 2.13. The topological polar surface area (TPSA) is 24.9 Å². The molecule has 2 aromatic rings. The van der Waals surface area contributed by atoms with Gasteiger partial charge < -0.3 is 5.32 Å². The van der Waals surface area contributed by atoms with Crippen LogP contribution in [0.3, 0.4) is 0 Å². The minimum atomic E-state index is 0.205. The van der Waals surface area contributed by atoms with Crippen molar-refractivity contribution in [1.82, 2.24) is 4.98 Å². The second-order valence-electron chi connectivity index (χ2n) is 6.63. The fourth-order valence-corrected chi connectivity index (χ4v) is 2.74. The Morgan fingerprint density at radius 3 is 2.35 bits per heavy atom. The number of hydrogen-bond acceptors (Lipinski definition) is 3. The van der Waals surface area contributed by atoms with E-state index in [1.165, 1.54) is 16.0 Å². The highest BCUT2D eigenvalue weighted by atomic mass is 32.1. The van der Waals surface area contributed by atoms with Crippen LogP contribution in [0.5, 0.6) is 0 Å². The van der Waals surface area contributed by atoms with E-state index in [0.29, 0.717) is 5.92 Å². The highest BCUT2D eigenvalue weighted by Crippen LogP contribution is 2.31. The Morgan fingerprint density at radius 2 is 1.80 bits per heavy atom. The molecule has 1 heterocycles. The Morgan fingerprint density at radius 1 is 1.15 bits per heavy atom. The van der Waals surface area contributed by atoms with Crippen LogP contribution in [0, 0.1) is 5.92 Å². The summed E-state index contributed by atoms with van der Waals surface area (Å²) in [6.07, 6.45) is 1.96. The van der Waals surface area contributed by atoms with E-state index in [1.54, 1.807) is 11.3 Å². The largest absolute Gasteiger partial charge is 0.361 e. The third kappa shape index (κ3) is 3.83. The summed E-state index contributed by atoms with van der Waals surface area (Å²) in [6.45, 7) is 12.1. The van der Waals surface area contributed by atoms with Crippen LogP contribution in [0.15, 0.2) is 30.5 Å². The summed E-state index contributed by atoms with van der Waals surface area (Å²) < 4.78 is 0. The summed E-state index contributed by atoms with van der Waals surface area (Å²) in [5.41, 5.74) is 2.81. The van der Waals surface area contributed by atoms with E-state index in [2.05, 4.69) is 69.2 Å². The van der Waals surface area contributed by atoms with Crippen LogP contribution in [-0.4, -0.2) is 11.5 Å². The lowest BCUT2D eigenvalue weighted by molar-refractivity contribution is 0.590. The SMILES string of the molecule is CC(C)CNc1ncc(-c2ccc(C(C)(C)C)cc2)s1. The van der Waals surface area contributed by atoms with Gasteiger partial charge in [-0.3, -0.25) is 0 Å². The van der Waals surface area contributed by atoms with Crippen molar-refractivity contribution in [2.75, 3.05) is 11.9 Å². The van der Waals surface area contributed by atoms with Crippen molar-refractivity contribution in [3.8, 4) is 10.4 Å². The molecule has 0 aliphatic rings. The Bertz CT molecular complexity index is 547. The number of hydrogen-bond donors (Lipinski definition) is 1. The molecule has 1 aromatic carbocycles. The molecule has 0 saturated heterocycles. The monoisotopic (exact) mass is 288 g/mol. The third-order valence-corrected chi connectivity index (χ3v) is 4.21. The number of aromatic nitrogens is 1. The van der Waals surface area contributed by atoms with Crippen molar-refractivity contribution in [2.24, 2.45) is 5.92 Å². The predicted molar refractivity (Wildman–Crippen MR) is 89.6 cm³/mol. The summed E-state index contributed by atoms with van der Waals surface area (Å²) in [5.74, 6) is 0.633. The molecular formula is C17H24N2S. The van der Waals surface area contributed by atoms with Gasteiger partial charge in [0.25, 0.3) is 0 Å². The van der Waals surface area contributed by atoms with Gasteiger partial charge in [0.1, 0.15) is 0 Å². The van der Waals surface area contributed by atoms with Gasteiger partial charge in [-0.15, -0.1) is 0 Å². The molecule has 3 heteroatoms. The van der Waals surface area contributed by atoms with E-state index in [4.69, 9.17) is 0 Å². The first-order valence-electron chi connectivity index (χ1n) is 7.17. The minimum Gasteiger partial charge on any atom is -0.361 e. The molecular weight excluding hydrogens is 264 g/mol. The van der Waals surface area contributed by atoms with Gasteiger partial charge in [-0.25, -0.2) is 4.98 Å². The molecule has 1 aromatic heterocycles. The normalized spacial score (nSPS) is 11.9. The molecule has 0 unspecified atom stereocenters. The van der Waals surface area contributed by atoms with E-state index in [9.17, 15) is 0 Å². The Balaban J connectivity index is 2.12. The number of nitrogens with zero attached hydrogens (tertiary/aromatic N) is 1. The van der Waals surface area contributed by atoms with E-state index < -0.39 is 0 Å². The zero-order valence-corrected chi connectivity index (χ0v) is 13.8. The Hall–Kier alpha value is -1.35. The molecule has 20 heavy (non-hydrogen) atoms. The van der Waals surface area contributed by atoms with Crippen molar-refractivity contribution in [1.29, 1.82) is 0 Å². The third-order valence-electron chi connectivity index (χ3n) is 3.20. The van der Waals surface area contributed by atoms with Gasteiger partial charge in [-0.1, -0.05) is 70.2 Å². The fraction of sp³-hybridized carbons (Fsp3) is 0.471. The van der Waals surface area contributed by atoms with E-state index in [-0.39, 0.29) is 5.41 Å². The maximum Gasteiger partial charge on any atom is 0.183 e. The average Bonchev–Trinajstić information content (AvgIpc) is 2.84. The van der Waals surface area contributed by atoms with Gasteiger partial charge in [0, 0.05) is 12.7 Å². The van der Waals surface area contributed by atoms with Crippen molar-refractivity contribution in [3.63, 3.8) is 0 Å². The maximum atomic E-state index is 4.44. The van der Waals surface area contributed by atoms with Gasteiger partial charge >= 0.3 is 0 Å². The van der Waals surface area contributed by atoms with Crippen LogP contribution in [0.2, 0.25) is 0 Å². The first-order valence-corrected chi connectivity index (χ1v) is 7.98. The summed E-state index contributed by atoms with van der Waals surface area (Å²) in [7, 11) is 0. The second kappa shape index (κ2) is 5.96. The quantitative estimate of drug-likeness (QED) is 0.839. The first-order chi connectivity index (χ1) is 9.36. The highest BCUT2D eigenvalue weighted by molar-refractivity contribution is 7.18. The molecule has 0 aliphatic heterocycles. The zero-order valence-electron chi connectivity index (χ0n) is 13.0. The first kappa shape index (κ1) is 15.0. The number of anilines is 1. The van der Waals surface area contributed by atoms with E-state index in [1.807, 2.05) is 6.20 Å². The lowest BCUT2D eigenvalue weighted by atomic mass is 9.87. The van der Waals surface area contributed by atoms with Crippen LogP contribution in [-0.2, 0) is 5.41 Å². The van der Waals surface area contributed by atoms with Gasteiger partial charge in [0.15, 0.2) is 5.13 Å². The molecule has 2 nitrogen and oxygen atoms in total. The molecule has 0 amide bonds. The molecule has 0 fully saturated rings.